The molecule has 12 heteroatoms. The average molecular weight is 655 g/mol. The summed E-state index contributed by atoms with van der Waals surface area (Å²) in [6.07, 6.45) is -8.05. The Kier molecular flexibility index (Phi) is 6.81. The van der Waals surface area contributed by atoms with Crippen LogP contribution >= 0.6 is 0 Å². The van der Waals surface area contributed by atoms with Crippen molar-refractivity contribution in [2.45, 2.75) is 12.4 Å². The van der Waals surface area contributed by atoms with Gasteiger partial charge in [-0.3, -0.25) is 0 Å². The zero-order valence-corrected chi connectivity index (χ0v) is 23.9. The van der Waals surface area contributed by atoms with Crippen LogP contribution in [0.2, 0.25) is 0 Å². The molecule has 0 saturated heterocycles. The summed E-state index contributed by atoms with van der Waals surface area (Å²) in [5.74, 6) is -2.82. The lowest BCUT2D eigenvalue weighted by atomic mass is 10.00. The van der Waals surface area contributed by atoms with Gasteiger partial charge < -0.3 is 0 Å². The molecule has 0 N–H and O–H groups in total. The van der Waals surface area contributed by atoms with Crippen molar-refractivity contribution in [2.24, 2.45) is 10.1 Å². The Morgan fingerprint density at radius 1 is 0.521 bits per heavy atom. The van der Waals surface area contributed by atoms with Gasteiger partial charge in [0.15, 0.2) is 5.36 Å². The standard InChI is InChI=1S/C36H14F8N4/c1-46-48-34-26-11-18(20-5-9-32(38)30(13-20)36(42,43)44)3-7-22(26)24-14-27-23(15-28(24)34)21-6-2-17(10-25(21)33(27)47-16-45)19-4-8-31(37)29(12-19)35(39,40)41/h2-15H/b47-33?,48-34-. The molecule has 0 radical (unpaired) electrons. The van der Waals surface area contributed by atoms with Gasteiger partial charge in [-0.2, -0.15) is 43.2 Å². The lowest BCUT2D eigenvalue weighted by Gasteiger charge is -2.10. The number of fused-ring (bicyclic) bond motifs is 6. The summed E-state index contributed by atoms with van der Waals surface area (Å²) >= 11 is 0. The Morgan fingerprint density at radius 3 is 1.35 bits per heavy atom. The number of alkyl halides is 6. The van der Waals surface area contributed by atoms with E-state index >= 15 is 0 Å². The molecule has 7 rings (SSSR count). The van der Waals surface area contributed by atoms with Crippen molar-refractivity contribution in [3.05, 3.63) is 130 Å². The Hall–Kier alpha value is -6.14. The molecule has 234 valence electrons. The molecule has 48 heavy (non-hydrogen) atoms. The summed E-state index contributed by atoms with van der Waals surface area (Å²) < 4.78 is 108. The van der Waals surface area contributed by atoms with Gasteiger partial charge in [0.1, 0.15) is 11.6 Å². The zero-order valence-electron chi connectivity index (χ0n) is 23.9. The van der Waals surface area contributed by atoms with Crippen LogP contribution in [0.5, 0.6) is 0 Å². The second-order valence-corrected chi connectivity index (χ2v) is 11.0. The van der Waals surface area contributed by atoms with Crippen LogP contribution in [0.4, 0.5) is 35.1 Å². The molecular weight excluding hydrogens is 640 g/mol. The van der Waals surface area contributed by atoms with Crippen molar-refractivity contribution in [3.63, 3.8) is 0 Å². The van der Waals surface area contributed by atoms with Crippen LogP contribution in [-0.4, -0.2) is 0 Å². The maximum Gasteiger partial charge on any atom is 0.419 e. The van der Waals surface area contributed by atoms with Crippen molar-refractivity contribution >= 4 is 43.1 Å². The fourth-order valence-electron chi connectivity index (χ4n) is 6.21. The zero-order chi connectivity index (χ0) is 34.1. The van der Waals surface area contributed by atoms with Gasteiger partial charge in [-0.15, -0.1) is 4.95 Å². The second kappa shape index (κ2) is 10.7. The lowest BCUT2D eigenvalue weighted by Crippen LogP contribution is -2.08. The molecule has 7 aromatic rings. The van der Waals surface area contributed by atoms with E-state index in [4.69, 9.17) is 6.57 Å². The minimum Gasteiger partial charge on any atom is -0.206 e. The molecule has 4 nitrogen and oxygen atoms in total. The molecule has 0 bridgehead atoms. The molecule has 0 saturated carbocycles. The Labute approximate surface area is 264 Å². The van der Waals surface area contributed by atoms with Gasteiger partial charge in [0.2, 0.25) is 6.19 Å². The number of halogens is 8. The lowest BCUT2D eigenvalue weighted by molar-refractivity contribution is -0.140. The van der Waals surface area contributed by atoms with Gasteiger partial charge in [0.05, 0.1) is 21.6 Å². The smallest absolute Gasteiger partial charge is 0.206 e. The van der Waals surface area contributed by atoms with Gasteiger partial charge >= 0.3 is 12.4 Å². The third-order valence-corrected chi connectivity index (χ3v) is 8.32. The van der Waals surface area contributed by atoms with Gasteiger partial charge in [0.25, 0.3) is 0 Å². The molecule has 0 aliphatic carbocycles. The first-order valence-electron chi connectivity index (χ1n) is 13.9. The van der Waals surface area contributed by atoms with Crippen LogP contribution in [-0.2, 0) is 12.4 Å². The van der Waals surface area contributed by atoms with Gasteiger partial charge in [0, 0.05) is 21.5 Å². The summed E-state index contributed by atoms with van der Waals surface area (Å²) in [6, 6.07) is 18.4. The van der Waals surface area contributed by atoms with E-state index in [-0.39, 0.29) is 21.8 Å². The highest BCUT2D eigenvalue weighted by Gasteiger charge is 2.35. The maximum absolute atomic E-state index is 14.0. The highest BCUT2D eigenvalue weighted by Crippen LogP contribution is 2.39. The third kappa shape index (κ3) is 4.81. The van der Waals surface area contributed by atoms with E-state index in [1.165, 1.54) is 12.1 Å². The van der Waals surface area contributed by atoms with E-state index in [2.05, 4.69) is 15.0 Å². The van der Waals surface area contributed by atoms with Crippen LogP contribution in [0.3, 0.4) is 0 Å². The molecule has 0 fully saturated rings. The number of nitriles is 1. The molecule has 0 spiro atoms. The topological polar surface area (TPSA) is 52.9 Å². The van der Waals surface area contributed by atoms with Crippen molar-refractivity contribution < 1.29 is 35.1 Å². The predicted molar refractivity (Wildman–Crippen MR) is 163 cm³/mol. The molecule has 0 atom stereocenters. The minimum atomic E-state index is -4.91. The van der Waals surface area contributed by atoms with Crippen LogP contribution < -0.4 is 10.7 Å². The van der Waals surface area contributed by atoms with Crippen molar-refractivity contribution in [1.29, 1.82) is 5.26 Å². The van der Waals surface area contributed by atoms with Crippen molar-refractivity contribution in [1.82, 2.24) is 0 Å². The number of rotatable bonds is 2. The average Bonchev–Trinajstić information content (AvgIpc) is 3.50. The van der Waals surface area contributed by atoms with Gasteiger partial charge in [-0.1, -0.05) is 36.4 Å². The summed E-state index contributed by atoms with van der Waals surface area (Å²) in [4.78, 5) is 7.22. The first-order chi connectivity index (χ1) is 22.8. The highest BCUT2D eigenvalue weighted by molar-refractivity contribution is 6.21. The van der Waals surface area contributed by atoms with Gasteiger partial charge in [-0.25, -0.2) is 8.78 Å². The fourth-order valence-corrected chi connectivity index (χ4v) is 6.21. The van der Waals surface area contributed by atoms with Crippen molar-refractivity contribution in [3.8, 4) is 28.4 Å². The minimum absolute atomic E-state index is 0.0981. The number of benzene rings is 5. The largest absolute Gasteiger partial charge is 0.419 e. The summed E-state index contributed by atoms with van der Waals surface area (Å²) in [6.45, 7) is 7.44. The molecule has 0 heterocycles. The number of nitrogens with zero attached hydrogens (tertiary/aromatic N) is 4. The van der Waals surface area contributed by atoms with E-state index < -0.39 is 35.1 Å². The van der Waals surface area contributed by atoms with E-state index in [1.807, 2.05) is 0 Å². The summed E-state index contributed by atoms with van der Waals surface area (Å²) in [5, 5.41) is 18.4. The Balaban J connectivity index is 1.48. The molecule has 0 aliphatic rings. The molecule has 0 aliphatic heterocycles. The molecule has 0 aromatic heterocycles. The predicted octanol–water partition coefficient (Wildman–Crippen LogP) is 9.94. The molecular formula is C36H14F8N4. The summed E-state index contributed by atoms with van der Waals surface area (Å²) in [5.41, 5.74) is -1.98. The molecule has 7 aromatic carbocycles. The van der Waals surface area contributed by atoms with Crippen LogP contribution in [0, 0.1) is 29.7 Å². The fraction of sp³-hybridized carbons (Fsp3) is 0.0556. The van der Waals surface area contributed by atoms with Crippen LogP contribution in [0.25, 0.3) is 70.3 Å². The summed E-state index contributed by atoms with van der Waals surface area (Å²) in [7, 11) is 0. The van der Waals surface area contributed by atoms with E-state index in [1.54, 1.807) is 54.7 Å². The second-order valence-electron chi connectivity index (χ2n) is 11.0. The van der Waals surface area contributed by atoms with E-state index in [0.29, 0.717) is 66.3 Å². The van der Waals surface area contributed by atoms with Crippen LogP contribution in [0.15, 0.2) is 95.0 Å². The van der Waals surface area contributed by atoms with E-state index in [9.17, 15) is 40.4 Å². The molecule has 0 unspecified atom stereocenters. The maximum atomic E-state index is 14.0. The SMILES string of the molecule is [C-]#[N+]/N=c1/c2cc(-c3ccc(F)c(C(F)(F)F)c3)ccc2c2cc3c(=NC#N)c4cc(-c5ccc(F)c(C(F)(F)F)c5)ccc4c3cc12. The number of hydrogen-bond acceptors (Lipinski definition) is 3. The van der Waals surface area contributed by atoms with Crippen molar-refractivity contribution in [2.75, 3.05) is 0 Å². The first kappa shape index (κ1) is 30.5. The van der Waals surface area contributed by atoms with Gasteiger partial charge in [-0.05, 0) is 92.3 Å². The third-order valence-electron chi connectivity index (χ3n) is 8.32. The van der Waals surface area contributed by atoms with Crippen LogP contribution in [0.1, 0.15) is 11.1 Å². The quantitative estimate of drug-likeness (QED) is 0.0793. The Morgan fingerprint density at radius 2 is 0.917 bits per heavy atom. The first-order valence-corrected chi connectivity index (χ1v) is 13.9. The number of hydrogen-bond donors (Lipinski definition) is 0. The monoisotopic (exact) mass is 654 g/mol. The van der Waals surface area contributed by atoms with E-state index in [0.717, 1.165) is 12.1 Å². The normalized spacial score (nSPS) is 13.2. The highest BCUT2D eigenvalue weighted by atomic mass is 19.4. The molecule has 0 amide bonds. The Bertz CT molecular complexity index is 2510.